The minimum atomic E-state index is 0.0492. The molecule has 68 valence electrons. The second-order valence-corrected chi connectivity index (χ2v) is 3.73. The van der Waals surface area contributed by atoms with Crippen LogP contribution in [0.5, 0.6) is 0 Å². The molecule has 0 heterocycles. The summed E-state index contributed by atoms with van der Waals surface area (Å²) in [5.74, 6) is 0.660. The lowest BCUT2D eigenvalue weighted by Gasteiger charge is -2.03. The molecule has 0 N–H and O–H groups in total. The van der Waals surface area contributed by atoms with Crippen molar-refractivity contribution in [3.8, 4) is 0 Å². The summed E-state index contributed by atoms with van der Waals surface area (Å²) in [5.41, 5.74) is 1.75. The first-order valence-corrected chi connectivity index (χ1v) is 4.30. The second kappa shape index (κ2) is 4.91. The van der Waals surface area contributed by atoms with Gasteiger partial charge in [-0.15, -0.1) is 0 Å². The van der Waals surface area contributed by atoms with Crippen LogP contribution in [0.25, 0.3) is 0 Å². The number of carbonyl (C=O) groups is 1. The number of allylic oxidation sites excluding steroid dienone is 3. The van der Waals surface area contributed by atoms with Gasteiger partial charge < -0.3 is 0 Å². The third-order valence-electron chi connectivity index (χ3n) is 1.53. The first kappa shape index (κ1) is 11.2. The van der Waals surface area contributed by atoms with E-state index in [0.29, 0.717) is 11.5 Å². The molecule has 0 atom stereocenters. The van der Waals surface area contributed by atoms with E-state index in [9.17, 15) is 4.79 Å². The zero-order chi connectivity index (χ0) is 9.72. The normalized spacial score (nSPS) is 11.9. The molecule has 0 spiro atoms. The highest BCUT2D eigenvalue weighted by Gasteiger charge is 2.00. The van der Waals surface area contributed by atoms with E-state index in [1.54, 1.807) is 13.0 Å². The molecule has 0 aromatic heterocycles. The van der Waals surface area contributed by atoms with Gasteiger partial charge in [0.15, 0.2) is 5.78 Å². The van der Waals surface area contributed by atoms with Gasteiger partial charge in [0.1, 0.15) is 0 Å². The molecule has 0 aliphatic rings. The summed E-state index contributed by atoms with van der Waals surface area (Å²) in [6.45, 7) is 11.6. The van der Waals surface area contributed by atoms with Crippen LogP contribution in [0.4, 0.5) is 0 Å². The second-order valence-electron chi connectivity index (χ2n) is 3.73. The van der Waals surface area contributed by atoms with Crippen molar-refractivity contribution in [1.82, 2.24) is 0 Å². The minimum Gasteiger partial charge on any atom is -0.290 e. The Hall–Kier alpha value is -0.850. The van der Waals surface area contributed by atoms with Gasteiger partial charge >= 0.3 is 0 Å². The van der Waals surface area contributed by atoms with E-state index in [1.807, 2.05) is 6.92 Å². The van der Waals surface area contributed by atoms with E-state index >= 15 is 0 Å². The van der Waals surface area contributed by atoms with Crippen LogP contribution in [0.15, 0.2) is 23.8 Å². The van der Waals surface area contributed by atoms with E-state index < -0.39 is 0 Å². The smallest absolute Gasteiger partial charge is 0.180 e. The summed E-state index contributed by atoms with van der Waals surface area (Å²) in [6, 6.07) is 0. The van der Waals surface area contributed by atoms with Crippen LogP contribution < -0.4 is 0 Å². The zero-order valence-electron chi connectivity index (χ0n) is 8.48. The molecule has 0 radical (unpaired) electrons. The number of ketones is 1. The topological polar surface area (TPSA) is 17.1 Å². The number of hydrogen-bond donors (Lipinski definition) is 0. The largest absolute Gasteiger partial charge is 0.290 e. The molecule has 0 aromatic carbocycles. The SMILES string of the molecule is C=C(C)C(=O)C=C(C)CC(C)C. The molecule has 1 heteroatoms. The Bertz CT molecular complexity index is 209. The maximum Gasteiger partial charge on any atom is 0.180 e. The molecule has 0 rings (SSSR count). The Morgan fingerprint density at radius 2 is 1.92 bits per heavy atom. The molecule has 0 aromatic rings. The fraction of sp³-hybridized carbons (Fsp3) is 0.545. The van der Waals surface area contributed by atoms with Crippen LogP contribution in [0.2, 0.25) is 0 Å². The van der Waals surface area contributed by atoms with Crippen molar-refractivity contribution in [3.63, 3.8) is 0 Å². The maximum absolute atomic E-state index is 11.2. The van der Waals surface area contributed by atoms with Gasteiger partial charge in [-0.1, -0.05) is 26.0 Å². The number of rotatable bonds is 4. The Balaban J connectivity index is 4.16. The fourth-order valence-corrected chi connectivity index (χ4v) is 1.05. The zero-order valence-corrected chi connectivity index (χ0v) is 8.48. The fourth-order valence-electron chi connectivity index (χ4n) is 1.05. The van der Waals surface area contributed by atoms with Crippen LogP contribution in [-0.2, 0) is 4.79 Å². The predicted molar refractivity (Wildman–Crippen MR) is 53.0 cm³/mol. The summed E-state index contributed by atoms with van der Waals surface area (Å²) in [6.07, 6.45) is 2.67. The van der Waals surface area contributed by atoms with E-state index in [0.717, 1.165) is 12.0 Å². The molecule has 0 unspecified atom stereocenters. The van der Waals surface area contributed by atoms with Crippen molar-refractivity contribution >= 4 is 5.78 Å². The summed E-state index contributed by atoms with van der Waals surface area (Å²) < 4.78 is 0. The van der Waals surface area contributed by atoms with Crippen LogP contribution in [0.1, 0.15) is 34.1 Å². The highest BCUT2D eigenvalue weighted by Crippen LogP contribution is 2.10. The minimum absolute atomic E-state index is 0.0492. The van der Waals surface area contributed by atoms with E-state index in [-0.39, 0.29) is 5.78 Å². The molecular formula is C11H18O. The van der Waals surface area contributed by atoms with Crippen LogP contribution >= 0.6 is 0 Å². The lowest BCUT2D eigenvalue weighted by atomic mass is 10.0. The van der Waals surface area contributed by atoms with Crippen LogP contribution in [0, 0.1) is 5.92 Å². The highest BCUT2D eigenvalue weighted by atomic mass is 16.1. The van der Waals surface area contributed by atoms with Crippen molar-refractivity contribution in [2.24, 2.45) is 5.92 Å². The van der Waals surface area contributed by atoms with Gasteiger partial charge in [0.05, 0.1) is 0 Å². The number of carbonyl (C=O) groups excluding carboxylic acids is 1. The molecule has 0 saturated carbocycles. The van der Waals surface area contributed by atoms with Crippen molar-refractivity contribution in [2.75, 3.05) is 0 Å². The van der Waals surface area contributed by atoms with E-state index in [4.69, 9.17) is 0 Å². The quantitative estimate of drug-likeness (QED) is 0.586. The van der Waals surface area contributed by atoms with Gasteiger partial charge in [0.25, 0.3) is 0 Å². The van der Waals surface area contributed by atoms with Crippen molar-refractivity contribution in [2.45, 2.75) is 34.1 Å². The lowest BCUT2D eigenvalue weighted by Crippen LogP contribution is -1.96. The third-order valence-corrected chi connectivity index (χ3v) is 1.53. The van der Waals surface area contributed by atoms with Gasteiger partial charge in [-0.05, 0) is 37.8 Å². The Labute approximate surface area is 75.2 Å². The average Bonchev–Trinajstić information content (AvgIpc) is 1.84. The van der Waals surface area contributed by atoms with Crippen molar-refractivity contribution in [1.29, 1.82) is 0 Å². The maximum atomic E-state index is 11.2. The molecule has 0 fully saturated rings. The molecule has 0 saturated heterocycles. The van der Waals surface area contributed by atoms with Crippen LogP contribution in [-0.4, -0.2) is 5.78 Å². The average molecular weight is 166 g/mol. The first-order valence-electron chi connectivity index (χ1n) is 4.30. The summed E-state index contributed by atoms with van der Waals surface area (Å²) in [4.78, 5) is 11.2. The Morgan fingerprint density at radius 1 is 1.42 bits per heavy atom. The Kier molecular flexibility index (Phi) is 4.57. The summed E-state index contributed by atoms with van der Waals surface area (Å²) >= 11 is 0. The van der Waals surface area contributed by atoms with Crippen molar-refractivity contribution in [3.05, 3.63) is 23.8 Å². The number of hydrogen-bond acceptors (Lipinski definition) is 1. The summed E-state index contributed by atoms with van der Waals surface area (Å²) in [5, 5.41) is 0. The van der Waals surface area contributed by atoms with Crippen LogP contribution in [0.3, 0.4) is 0 Å². The molecule has 12 heavy (non-hydrogen) atoms. The molecular weight excluding hydrogens is 148 g/mol. The third kappa shape index (κ3) is 4.89. The predicted octanol–water partition coefficient (Wildman–Crippen LogP) is 3.12. The van der Waals surface area contributed by atoms with E-state index in [1.165, 1.54) is 0 Å². The lowest BCUT2D eigenvalue weighted by molar-refractivity contribution is -0.111. The van der Waals surface area contributed by atoms with Gasteiger partial charge in [-0.3, -0.25) is 4.79 Å². The van der Waals surface area contributed by atoms with Gasteiger partial charge in [-0.2, -0.15) is 0 Å². The van der Waals surface area contributed by atoms with Gasteiger partial charge in [0, 0.05) is 0 Å². The molecule has 0 aliphatic heterocycles. The molecule has 0 aliphatic carbocycles. The standard InChI is InChI=1S/C11H18O/c1-8(2)6-10(5)7-11(12)9(3)4/h7-8H,3,6H2,1-2,4-5H3. The van der Waals surface area contributed by atoms with E-state index in [2.05, 4.69) is 20.4 Å². The molecule has 1 nitrogen and oxygen atoms in total. The van der Waals surface area contributed by atoms with Gasteiger partial charge in [-0.25, -0.2) is 0 Å². The first-order chi connectivity index (χ1) is 5.43. The monoisotopic (exact) mass is 166 g/mol. The van der Waals surface area contributed by atoms with Crippen molar-refractivity contribution < 1.29 is 4.79 Å². The summed E-state index contributed by atoms with van der Waals surface area (Å²) in [7, 11) is 0. The highest BCUT2D eigenvalue weighted by molar-refractivity contribution is 6.03. The Morgan fingerprint density at radius 3 is 2.25 bits per heavy atom. The molecule has 0 amide bonds. The molecule has 0 bridgehead atoms. The van der Waals surface area contributed by atoms with Gasteiger partial charge in [0.2, 0.25) is 0 Å².